The maximum Gasteiger partial charge on any atom is 0.290 e. The van der Waals surface area contributed by atoms with Gasteiger partial charge in [0.2, 0.25) is 0 Å². The standard InChI is InChI=1S/C9H8BrN.CH2O2/c1-6-4-7(10)5-9-8(6)2-3-11-9;2-1-3/h2-5,11H,1H3;1H,(H,2,3). The van der Waals surface area contributed by atoms with Crippen LogP contribution in [0, 0.1) is 6.92 Å². The van der Waals surface area contributed by atoms with Crippen molar-refractivity contribution in [1.82, 2.24) is 4.98 Å². The fourth-order valence-corrected chi connectivity index (χ4v) is 1.88. The number of rotatable bonds is 0. The lowest BCUT2D eigenvalue weighted by atomic mass is 10.1. The lowest BCUT2D eigenvalue weighted by Crippen LogP contribution is -1.74. The summed E-state index contributed by atoms with van der Waals surface area (Å²) in [6.07, 6.45) is 1.96. The Labute approximate surface area is 89.9 Å². The van der Waals surface area contributed by atoms with Crippen molar-refractivity contribution in [1.29, 1.82) is 0 Å². The van der Waals surface area contributed by atoms with Crippen LogP contribution < -0.4 is 0 Å². The molecular weight excluding hydrogens is 246 g/mol. The van der Waals surface area contributed by atoms with E-state index in [-0.39, 0.29) is 6.47 Å². The number of carbonyl (C=O) groups is 1. The monoisotopic (exact) mass is 255 g/mol. The van der Waals surface area contributed by atoms with E-state index in [0.717, 1.165) is 4.47 Å². The van der Waals surface area contributed by atoms with E-state index in [1.54, 1.807) is 0 Å². The maximum atomic E-state index is 8.36. The molecule has 0 atom stereocenters. The van der Waals surface area contributed by atoms with E-state index in [9.17, 15) is 0 Å². The molecule has 0 amide bonds. The third-order valence-corrected chi connectivity index (χ3v) is 2.30. The Morgan fingerprint density at radius 3 is 2.79 bits per heavy atom. The minimum Gasteiger partial charge on any atom is -0.483 e. The van der Waals surface area contributed by atoms with Crippen LogP contribution in [0.1, 0.15) is 5.56 Å². The molecule has 4 heteroatoms. The van der Waals surface area contributed by atoms with Gasteiger partial charge < -0.3 is 10.1 Å². The summed E-state index contributed by atoms with van der Waals surface area (Å²) in [7, 11) is 0. The van der Waals surface area contributed by atoms with Crippen molar-refractivity contribution in [2.75, 3.05) is 0 Å². The molecule has 1 heterocycles. The Morgan fingerprint density at radius 1 is 1.50 bits per heavy atom. The highest BCUT2D eigenvalue weighted by molar-refractivity contribution is 9.10. The van der Waals surface area contributed by atoms with Gasteiger partial charge in [-0.3, -0.25) is 4.79 Å². The molecule has 0 bridgehead atoms. The highest BCUT2D eigenvalue weighted by Crippen LogP contribution is 2.22. The van der Waals surface area contributed by atoms with Crippen molar-refractivity contribution in [2.24, 2.45) is 0 Å². The number of hydrogen-bond acceptors (Lipinski definition) is 1. The molecule has 0 spiro atoms. The first kappa shape index (κ1) is 10.8. The molecule has 2 N–H and O–H groups in total. The van der Waals surface area contributed by atoms with Crippen molar-refractivity contribution < 1.29 is 9.90 Å². The summed E-state index contributed by atoms with van der Waals surface area (Å²) in [5.74, 6) is 0. The van der Waals surface area contributed by atoms with Crippen LogP contribution in [0.3, 0.4) is 0 Å². The zero-order valence-corrected chi connectivity index (χ0v) is 9.21. The predicted octanol–water partition coefficient (Wildman–Crippen LogP) is 2.94. The van der Waals surface area contributed by atoms with Crippen LogP contribution in [0.4, 0.5) is 0 Å². The SMILES string of the molecule is Cc1cc(Br)cc2[nH]ccc12.O=CO. The van der Waals surface area contributed by atoms with Crippen molar-refractivity contribution >= 4 is 33.3 Å². The lowest BCUT2D eigenvalue weighted by molar-refractivity contribution is -0.122. The molecule has 1 aromatic heterocycles. The van der Waals surface area contributed by atoms with Crippen molar-refractivity contribution in [2.45, 2.75) is 6.92 Å². The average Bonchev–Trinajstić information content (AvgIpc) is 2.53. The second kappa shape index (κ2) is 4.81. The van der Waals surface area contributed by atoms with Crippen LogP contribution in [0.15, 0.2) is 28.9 Å². The van der Waals surface area contributed by atoms with Gasteiger partial charge in [0.25, 0.3) is 6.47 Å². The molecule has 0 radical (unpaired) electrons. The molecule has 2 rings (SSSR count). The van der Waals surface area contributed by atoms with E-state index in [1.807, 2.05) is 6.20 Å². The predicted molar refractivity (Wildman–Crippen MR) is 59.4 cm³/mol. The van der Waals surface area contributed by atoms with Gasteiger partial charge in [0.15, 0.2) is 0 Å². The molecule has 0 aliphatic heterocycles. The summed E-state index contributed by atoms with van der Waals surface area (Å²) in [4.78, 5) is 11.5. The fraction of sp³-hybridized carbons (Fsp3) is 0.100. The molecule has 0 aliphatic rings. The smallest absolute Gasteiger partial charge is 0.290 e. The molecule has 14 heavy (non-hydrogen) atoms. The number of hydrogen-bond donors (Lipinski definition) is 2. The zero-order chi connectivity index (χ0) is 10.6. The molecule has 0 aliphatic carbocycles. The minimum atomic E-state index is -0.250. The Hall–Kier alpha value is -1.29. The number of benzene rings is 1. The number of H-pyrrole nitrogens is 1. The summed E-state index contributed by atoms with van der Waals surface area (Å²) in [5, 5.41) is 8.19. The first-order valence-electron chi connectivity index (χ1n) is 4.00. The summed E-state index contributed by atoms with van der Waals surface area (Å²) >= 11 is 3.45. The molecule has 0 fully saturated rings. The Morgan fingerprint density at radius 2 is 2.14 bits per heavy atom. The van der Waals surface area contributed by atoms with Gasteiger partial charge in [0.05, 0.1) is 0 Å². The molecular formula is C10H10BrNO2. The van der Waals surface area contributed by atoms with Crippen LogP contribution in [0.2, 0.25) is 0 Å². The largest absolute Gasteiger partial charge is 0.483 e. The highest BCUT2D eigenvalue weighted by atomic mass is 79.9. The zero-order valence-electron chi connectivity index (χ0n) is 7.62. The van der Waals surface area contributed by atoms with E-state index < -0.39 is 0 Å². The minimum absolute atomic E-state index is 0.250. The van der Waals surface area contributed by atoms with Crippen LogP contribution in [0.5, 0.6) is 0 Å². The van der Waals surface area contributed by atoms with E-state index in [4.69, 9.17) is 9.90 Å². The molecule has 2 aromatic rings. The van der Waals surface area contributed by atoms with E-state index >= 15 is 0 Å². The van der Waals surface area contributed by atoms with E-state index in [2.05, 4.69) is 46.0 Å². The molecule has 74 valence electrons. The molecule has 1 aromatic carbocycles. The quantitative estimate of drug-likeness (QED) is 0.712. The van der Waals surface area contributed by atoms with Crippen molar-refractivity contribution in [3.05, 3.63) is 34.4 Å². The number of aromatic nitrogens is 1. The number of aryl methyl sites for hydroxylation is 1. The Bertz CT molecular complexity index is 437. The second-order valence-corrected chi connectivity index (χ2v) is 3.68. The molecule has 0 unspecified atom stereocenters. The fourth-order valence-electron chi connectivity index (χ4n) is 1.31. The average molecular weight is 256 g/mol. The Kier molecular flexibility index (Phi) is 3.71. The van der Waals surface area contributed by atoms with Crippen molar-refractivity contribution in [3.63, 3.8) is 0 Å². The van der Waals surface area contributed by atoms with Crippen LogP contribution in [-0.4, -0.2) is 16.6 Å². The van der Waals surface area contributed by atoms with E-state index in [0.29, 0.717) is 0 Å². The number of fused-ring (bicyclic) bond motifs is 1. The van der Waals surface area contributed by atoms with Gasteiger partial charge in [-0.15, -0.1) is 0 Å². The summed E-state index contributed by atoms with van der Waals surface area (Å²) in [6, 6.07) is 6.30. The summed E-state index contributed by atoms with van der Waals surface area (Å²) < 4.78 is 1.13. The highest BCUT2D eigenvalue weighted by Gasteiger charge is 1.98. The first-order valence-corrected chi connectivity index (χ1v) is 4.79. The van der Waals surface area contributed by atoms with Gasteiger partial charge in [-0.2, -0.15) is 0 Å². The van der Waals surface area contributed by atoms with Gasteiger partial charge in [0, 0.05) is 21.6 Å². The number of aromatic amines is 1. The molecule has 0 saturated heterocycles. The van der Waals surface area contributed by atoms with Crippen LogP contribution in [-0.2, 0) is 4.79 Å². The van der Waals surface area contributed by atoms with Gasteiger partial charge in [-0.1, -0.05) is 15.9 Å². The van der Waals surface area contributed by atoms with Crippen molar-refractivity contribution in [3.8, 4) is 0 Å². The number of halogens is 1. The van der Waals surface area contributed by atoms with Gasteiger partial charge in [-0.05, 0) is 30.7 Å². The molecule has 0 saturated carbocycles. The maximum absolute atomic E-state index is 8.36. The third-order valence-electron chi connectivity index (χ3n) is 1.84. The third kappa shape index (κ3) is 2.35. The van der Waals surface area contributed by atoms with Gasteiger partial charge in [-0.25, -0.2) is 0 Å². The van der Waals surface area contributed by atoms with Gasteiger partial charge >= 0.3 is 0 Å². The van der Waals surface area contributed by atoms with E-state index in [1.165, 1.54) is 16.5 Å². The second-order valence-electron chi connectivity index (χ2n) is 2.77. The number of nitrogens with one attached hydrogen (secondary N) is 1. The molecule has 3 nitrogen and oxygen atoms in total. The summed E-state index contributed by atoms with van der Waals surface area (Å²) in [5.41, 5.74) is 2.49. The first-order chi connectivity index (χ1) is 6.69. The van der Waals surface area contributed by atoms with Crippen LogP contribution in [0.25, 0.3) is 10.9 Å². The lowest BCUT2D eigenvalue weighted by Gasteiger charge is -1.96. The topological polar surface area (TPSA) is 53.1 Å². The van der Waals surface area contributed by atoms with Crippen LogP contribution >= 0.6 is 15.9 Å². The Balaban J connectivity index is 0.000000293. The summed E-state index contributed by atoms with van der Waals surface area (Å²) in [6.45, 7) is 1.86. The number of carboxylic acid groups (broad SMARTS) is 1. The normalized spacial score (nSPS) is 9.29. The van der Waals surface area contributed by atoms with Gasteiger partial charge in [0.1, 0.15) is 0 Å².